The zero-order valence-electron chi connectivity index (χ0n) is 20.4. The molecule has 1 amide bonds. The number of thiazole rings is 1. The van der Waals surface area contributed by atoms with E-state index in [4.69, 9.17) is 0 Å². The number of carbonyl (C=O) groups is 1. The van der Waals surface area contributed by atoms with Gasteiger partial charge in [0.15, 0.2) is 16.1 Å². The second-order valence-corrected chi connectivity index (χ2v) is 11.4. The second-order valence-electron chi connectivity index (χ2n) is 9.19. The summed E-state index contributed by atoms with van der Waals surface area (Å²) in [7, 11) is 0. The average molecular weight is 504 g/mol. The predicted octanol–water partition coefficient (Wildman–Crippen LogP) is 6.67. The normalized spacial score (nSPS) is 12.3. The fourth-order valence-corrected chi connectivity index (χ4v) is 5.07. The molecular weight excluding hydrogens is 474 g/mol. The molecular formula is C27H29N5OS2. The summed E-state index contributed by atoms with van der Waals surface area (Å²) >= 11 is 2.78. The summed E-state index contributed by atoms with van der Waals surface area (Å²) in [6, 6.07) is 18.3. The summed E-state index contributed by atoms with van der Waals surface area (Å²) in [5.74, 6) is 0.626. The Labute approximate surface area is 214 Å². The van der Waals surface area contributed by atoms with E-state index in [2.05, 4.69) is 72.1 Å². The molecule has 0 aliphatic heterocycles. The van der Waals surface area contributed by atoms with Crippen LogP contribution in [0, 0.1) is 0 Å². The van der Waals surface area contributed by atoms with Crippen LogP contribution in [0.25, 0.3) is 22.6 Å². The van der Waals surface area contributed by atoms with Crippen LogP contribution in [0.3, 0.4) is 0 Å². The van der Waals surface area contributed by atoms with Crippen LogP contribution >= 0.6 is 23.1 Å². The molecule has 4 aromatic rings. The van der Waals surface area contributed by atoms with Gasteiger partial charge in [0.25, 0.3) is 0 Å². The van der Waals surface area contributed by atoms with Crippen molar-refractivity contribution < 1.29 is 4.79 Å². The molecule has 0 spiro atoms. The Kier molecular flexibility index (Phi) is 7.52. The van der Waals surface area contributed by atoms with Gasteiger partial charge in [-0.1, -0.05) is 93.2 Å². The number of allylic oxidation sites excluding steroid dienone is 1. The first-order valence-corrected chi connectivity index (χ1v) is 13.2. The average Bonchev–Trinajstić information content (AvgIpc) is 3.47. The van der Waals surface area contributed by atoms with E-state index in [1.165, 1.54) is 28.7 Å². The molecule has 2 aromatic heterocycles. The molecule has 0 fully saturated rings. The maximum absolute atomic E-state index is 12.9. The lowest BCUT2D eigenvalue weighted by atomic mass is 9.87. The quantitative estimate of drug-likeness (QED) is 0.215. The maximum Gasteiger partial charge on any atom is 0.239 e. The largest absolute Gasteiger partial charge is 0.301 e. The summed E-state index contributed by atoms with van der Waals surface area (Å²) in [6.45, 7) is 12.9. The molecule has 1 atom stereocenters. The second kappa shape index (κ2) is 10.6. The van der Waals surface area contributed by atoms with Crippen LogP contribution in [-0.4, -0.2) is 30.9 Å². The number of thioether (sulfide) groups is 1. The maximum atomic E-state index is 12.9. The Morgan fingerprint density at radius 3 is 2.49 bits per heavy atom. The highest BCUT2D eigenvalue weighted by Crippen LogP contribution is 2.30. The molecule has 1 unspecified atom stereocenters. The third-order valence-corrected chi connectivity index (χ3v) is 7.33. The van der Waals surface area contributed by atoms with E-state index in [1.54, 1.807) is 0 Å². The number of amides is 1. The van der Waals surface area contributed by atoms with Crippen LogP contribution < -0.4 is 5.32 Å². The summed E-state index contributed by atoms with van der Waals surface area (Å²) in [5, 5.41) is 14.6. The van der Waals surface area contributed by atoms with Crippen LogP contribution in [0.4, 0.5) is 5.13 Å². The molecule has 4 rings (SSSR count). The number of benzene rings is 2. The number of carbonyl (C=O) groups excluding carboxylic acids is 1. The number of anilines is 1. The van der Waals surface area contributed by atoms with Gasteiger partial charge in [-0.3, -0.25) is 9.36 Å². The van der Waals surface area contributed by atoms with Crippen LogP contribution in [-0.2, 0) is 16.8 Å². The molecule has 1 N–H and O–H groups in total. The lowest BCUT2D eigenvalue weighted by Gasteiger charge is -2.19. The highest BCUT2D eigenvalue weighted by atomic mass is 32.2. The molecule has 0 aliphatic rings. The van der Waals surface area contributed by atoms with Crippen molar-refractivity contribution in [1.82, 2.24) is 19.7 Å². The number of aromatic nitrogens is 4. The molecule has 0 aliphatic carbocycles. The topological polar surface area (TPSA) is 72.7 Å². The first kappa shape index (κ1) is 24.9. The molecule has 6 nitrogen and oxygen atoms in total. The van der Waals surface area contributed by atoms with E-state index >= 15 is 0 Å². The Hall–Kier alpha value is -3.23. The van der Waals surface area contributed by atoms with E-state index in [9.17, 15) is 4.79 Å². The third kappa shape index (κ3) is 5.89. The van der Waals surface area contributed by atoms with Gasteiger partial charge in [-0.25, -0.2) is 4.98 Å². The van der Waals surface area contributed by atoms with E-state index in [0.717, 1.165) is 22.6 Å². The van der Waals surface area contributed by atoms with Crippen molar-refractivity contribution in [3.63, 3.8) is 0 Å². The number of nitrogens with zero attached hydrogens (tertiary/aromatic N) is 4. The Morgan fingerprint density at radius 2 is 1.83 bits per heavy atom. The lowest BCUT2D eigenvalue weighted by molar-refractivity contribution is -0.115. The van der Waals surface area contributed by atoms with Crippen LogP contribution in [0.5, 0.6) is 0 Å². The van der Waals surface area contributed by atoms with Crippen molar-refractivity contribution in [3.05, 3.63) is 78.2 Å². The van der Waals surface area contributed by atoms with E-state index in [0.29, 0.717) is 16.8 Å². The summed E-state index contributed by atoms with van der Waals surface area (Å²) in [4.78, 5) is 17.5. The molecule has 0 radical (unpaired) electrons. The molecule has 35 heavy (non-hydrogen) atoms. The van der Waals surface area contributed by atoms with Crippen LogP contribution in [0.15, 0.2) is 77.8 Å². The first-order valence-electron chi connectivity index (χ1n) is 11.4. The molecule has 0 saturated heterocycles. The highest BCUT2D eigenvalue weighted by Gasteiger charge is 2.22. The molecule has 0 bridgehead atoms. The van der Waals surface area contributed by atoms with Crippen molar-refractivity contribution in [2.24, 2.45) is 0 Å². The lowest BCUT2D eigenvalue weighted by Crippen LogP contribution is -2.22. The summed E-state index contributed by atoms with van der Waals surface area (Å²) in [6.07, 6.45) is 1.81. The van der Waals surface area contributed by atoms with Gasteiger partial charge in [0, 0.05) is 23.1 Å². The van der Waals surface area contributed by atoms with Gasteiger partial charge in [-0.2, -0.15) is 0 Å². The third-order valence-electron chi connectivity index (χ3n) is 5.49. The minimum Gasteiger partial charge on any atom is -0.301 e. The number of hydrogen-bond donors (Lipinski definition) is 1. The van der Waals surface area contributed by atoms with Crippen LogP contribution in [0.1, 0.15) is 33.3 Å². The molecule has 180 valence electrons. The smallest absolute Gasteiger partial charge is 0.239 e. The fraction of sp³-hybridized carbons (Fsp3) is 0.259. The highest BCUT2D eigenvalue weighted by molar-refractivity contribution is 8.00. The summed E-state index contributed by atoms with van der Waals surface area (Å²) < 4.78 is 1.99. The van der Waals surface area contributed by atoms with Crippen LogP contribution in [0.2, 0.25) is 0 Å². The molecule has 2 aromatic carbocycles. The van der Waals surface area contributed by atoms with E-state index in [-0.39, 0.29) is 16.6 Å². The van der Waals surface area contributed by atoms with Gasteiger partial charge in [0.2, 0.25) is 5.91 Å². The van der Waals surface area contributed by atoms with Gasteiger partial charge in [-0.15, -0.1) is 28.1 Å². The summed E-state index contributed by atoms with van der Waals surface area (Å²) in [5.41, 5.74) is 4.18. The molecule has 0 saturated carbocycles. The minimum absolute atomic E-state index is 0.0798. The monoisotopic (exact) mass is 503 g/mol. The predicted molar refractivity (Wildman–Crippen MR) is 146 cm³/mol. The number of hydrogen-bond acceptors (Lipinski definition) is 6. The van der Waals surface area contributed by atoms with Gasteiger partial charge >= 0.3 is 0 Å². The Morgan fingerprint density at radius 1 is 1.11 bits per heavy atom. The van der Waals surface area contributed by atoms with Gasteiger partial charge < -0.3 is 5.32 Å². The Bertz CT molecular complexity index is 1300. The van der Waals surface area contributed by atoms with Gasteiger partial charge in [-0.05, 0) is 17.9 Å². The van der Waals surface area contributed by atoms with E-state index < -0.39 is 0 Å². The zero-order valence-corrected chi connectivity index (χ0v) is 22.0. The molecule has 8 heteroatoms. The minimum atomic E-state index is -0.386. The van der Waals surface area contributed by atoms with Crippen molar-refractivity contribution >= 4 is 34.1 Å². The van der Waals surface area contributed by atoms with Crippen molar-refractivity contribution in [2.75, 3.05) is 5.32 Å². The number of nitrogens with one attached hydrogen (secondary N) is 1. The van der Waals surface area contributed by atoms with Gasteiger partial charge in [0.1, 0.15) is 0 Å². The SMILES string of the molecule is C=CCn1c(SC(C)C(=O)Nc2nc(-c3ccccc3)cs2)nnc1-c1ccc(C(C)(C)C)cc1. The first-order chi connectivity index (χ1) is 16.8. The standard InChI is InChI=1S/C27H29N5OS2/c1-6-16-32-23(20-12-14-21(15-13-20)27(3,4)5)30-31-26(32)35-18(2)24(33)29-25-28-22(17-34-25)19-10-8-7-9-11-19/h6-15,17-18H,1,16H2,2-5H3,(H,28,29,33). The van der Waals surface area contributed by atoms with Crippen molar-refractivity contribution in [1.29, 1.82) is 0 Å². The zero-order chi connectivity index (χ0) is 25.0. The van der Waals surface area contributed by atoms with E-state index in [1.807, 2.05) is 53.3 Å². The molecule has 2 heterocycles. The number of rotatable bonds is 8. The van der Waals surface area contributed by atoms with Crippen molar-refractivity contribution in [3.8, 4) is 22.6 Å². The van der Waals surface area contributed by atoms with Crippen molar-refractivity contribution in [2.45, 2.75) is 50.1 Å². The Balaban J connectivity index is 1.48. The van der Waals surface area contributed by atoms with Gasteiger partial charge in [0.05, 0.1) is 10.9 Å². The fourth-order valence-electron chi connectivity index (χ4n) is 3.49.